The Morgan fingerprint density at radius 1 is 1.14 bits per heavy atom. The van der Waals surface area contributed by atoms with Crippen LogP contribution in [0.4, 0.5) is 11.4 Å². The summed E-state index contributed by atoms with van der Waals surface area (Å²) in [6, 6.07) is 13.6. The van der Waals surface area contributed by atoms with Crippen molar-refractivity contribution in [3.05, 3.63) is 59.2 Å². The molecule has 0 bridgehead atoms. The van der Waals surface area contributed by atoms with Gasteiger partial charge in [0, 0.05) is 6.54 Å². The lowest BCUT2D eigenvalue weighted by atomic mass is 10.1. The molecule has 2 rings (SSSR count). The number of benzene rings is 2. The molecule has 0 fully saturated rings. The van der Waals surface area contributed by atoms with E-state index in [-0.39, 0.29) is 6.54 Å². The van der Waals surface area contributed by atoms with E-state index in [1.807, 2.05) is 32.0 Å². The van der Waals surface area contributed by atoms with Gasteiger partial charge in [-0.2, -0.15) is 0 Å². The van der Waals surface area contributed by atoms with Gasteiger partial charge >= 0.3 is 5.97 Å². The fourth-order valence-electron chi connectivity index (χ4n) is 2.55. The van der Waals surface area contributed by atoms with E-state index in [0.717, 1.165) is 11.3 Å². The van der Waals surface area contributed by atoms with Gasteiger partial charge in [0.1, 0.15) is 6.54 Å². The third kappa shape index (κ3) is 3.99. The predicted molar refractivity (Wildman–Crippen MR) is 85.5 cm³/mol. The fourth-order valence-corrected chi connectivity index (χ4v) is 2.55. The Morgan fingerprint density at radius 3 is 2.33 bits per heavy atom. The lowest BCUT2D eigenvalue weighted by Gasteiger charge is -2.24. The second-order valence-electron chi connectivity index (χ2n) is 5.30. The van der Waals surface area contributed by atoms with Gasteiger partial charge in [0.05, 0.1) is 11.4 Å². The molecule has 0 aromatic heterocycles. The average molecular weight is 284 g/mol. The number of para-hydroxylation sites is 2. The highest BCUT2D eigenvalue weighted by Gasteiger charge is 2.14. The molecule has 21 heavy (non-hydrogen) atoms. The maximum atomic E-state index is 11.1. The van der Waals surface area contributed by atoms with Crippen LogP contribution in [-0.4, -0.2) is 17.6 Å². The first kappa shape index (κ1) is 14.9. The van der Waals surface area contributed by atoms with Gasteiger partial charge in [-0.3, -0.25) is 4.79 Å². The summed E-state index contributed by atoms with van der Waals surface area (Å²) < 4.78 is 0. The maximum absolute atomic E-state index is 11.1. The third-order valence-corrected chi connectivity index (χ3v) is 3.26. The topological polar surface area (TPSA) is 66.6 Å². The van der Waals surface area contributed by atoms with Crippen LogP contribution in [0.2, 0.25) is 0 Å². The minimum Gasteiger partial charge on any atom is -0.480 e. The number of hydrogen-bond donors (Lipinski definition) is 2. The molecule has 110 valence electrons. The van der Waals surface area contributed by atoms with Crippen LogP contribution in [0, 0.1) is 13.8 Å². The molecule has 0 aliphatic rings. The average Bonchev–Trinajstić information content (AvgIpc) is 2.36. The number of nitrogens with two attached hydrogens (primary N) is 1. The maximum Gasteiger partial charge on any atom is 0.323 e. The van der Waals surface area contributed by atoms with Crippen molar-refractivity contribution in [3.8, 4) is 0 Å². The van der Waals surface area contributed by atoms with E-state index in [4.69, 9.17) is 10.8 Å². The number of carboxylic acid groups (broad SMARTS) is 1. The minimum absolute atomic E-state index is 0.0821. The van der Waals surface area contributed by atoms with E-state index in [0.29, 0.717) is 12.2 Å². The molecule has 0 aliphatic heterocycles. The quantitative estimate of drug-likeness (QED) is 0.828. The van der Waals surface area contributed by atoms with Crippen LogP contribution in [0.1, 0.15) is 16.7 Å². The number of anilines is 2. The van der Waals surface area contributed by atoms with E-state index in [1.165, 1.54) is 11.1 Å². The van der Waals surface area contributed by atoms with Crippen LogP contribution in [-0.2, 0) is 11.3 Å². The second-order valence-corrected chi connectivity index (χ2v) is 5.30. The molecule has 3 N–H and O–H groups in total. The number of aryl methyl sites for hydroxylation is 2. The second kappa shape index (κ2) is 6.31. The van der Waals surface area contributed by atoms with Gasteiger partial charge in [0.25, 0.3) is 0 Å². The smallest absolute Gasteiger partial charge is 0.323 e. The zero-order valence-corrected chi connectivity index (χ0v) is 12.3. The SMILES string of the molecule is Cc1cc(C)cc(CN(CC(=O)O)c2ccccc2N)c1. The van der Waals surface area contributed by atoms with Crippen molar-refractivity contribution in [1.29, 1.82) is 0 Å². The highest BCUT2D eigenvalue weighted by atomic mass is 16.4. The molecule has 0 spiro atoms. The van der Waals surface area contributed by atoms with Crippen molar-refractivity contribution in [2.24, 2.45) is 0 Å². The number of nitrogens with zero attached hydrogens (tertiary/aromatic N) is 1. The number of nitrogen functional groups attached to an aromatic ring is 1. The van der Waals surface area contributed by atoms with Crippen LogP contribution in [0.3, 0.4) is 0 Å². The van der Waals surface area contributed by atoms with Gasteiger partial charge in [-0.15, -0.1) is 0 Å². The van der Waals surface area contributed by atoms with E-state index in [1.54, 1.807) is 11.0 Å². The summed E-state index contributed by atoms with van der Waals surface area (Å²) in [5.41, 5.74) is 10.7. The molecule has 0 saturated carbocycles. The molecule has 2 aromatic rings. The van der Waals surface area contributed by atoms with Crippen LogP contribution in [0.25, 0.3) is 0 Å². The lowest BCUT2D eigenvalue weighted by Crippen LogP contribution is -2.29. The Bertz CT molecular complexity index is 633. The summed E-state index contributed by atoms with van der Waals surface area (Å²) in [5, 5.41) is 9.14. The first-order valence-electron chi connectivity index (χ1n) is 6.84. The van der Waals surface area contributed by atoms with Crippen molar-refractivity contribution < 1.29 is 9.90 Å². The normalized spacial score (nSPS) is 10.4. The standard InChI is InChI=1S/C17H20N2O2/c1-12-7-13(2)9-14(8-12)10-19(11-17(20)21)16-6-4-3-5-15(16)18/h3-9H,10-11,18H2,1-2H3,(H,20,21). The summed E-state index contributed by atoms with van der Waals surface area (Å²) in [5.74, 6) is -0.873. The number of carbonyl (C=O) groups is 1. The molecule has 0 saturated heterocycles. The molecule has 0 unspecified atom stereocenters. The molecular weight excluding hydrogens is 264 g/mol. The van der Waals surface area contributed by atoms with Crippen LogP contribution in [0.5, 0.6) is 0 Å². The first-order chi connectivity index (χ1) is 9.95. The van der Waals surface area contributed by atoms with E-state index in [9.17, 15) is 4.79 Å². The summed E-state index contributed by atoms with van der Waals surface area (Å²) in [4.78, 5) is 12.9. The van der Waals surface area contributed by atoms with Gasteiger partial charge in [0.2, 0.25) is 0 Å². The van der Waals surface area contributed by atoms with Crippen LogP contribution in [0.15, 0.2) is 42.5 Å². The van der Waals surface area contributed by atoms with Gasteiger partial charge < -0.3 is 15.7 Å². The number of carboxylic acids is 1. The van der Waals surface area contributed by atoms with Crippen molar-refractivity contribution in [2.75, 3.05) is 17.2 Å². The van der Waals surface area contributed by atoms with E-state index < -0.39 is 5.97 Å². The Hall–Kier alpha value is -2.49. The molecule has 4 nitrogen and oxygen atoms in total. The number of rotatable bonds is 5. The lowest BCUT2D eigenvalue weighted by molar-refractivity contribution is -0.135. The first-order valence-corrected chi connectivity index (χ1v) is 6.84. The Balaban J connectivity index is 2.32. The zero-order valence-electron chi connectivity index (χ0n) is 12.3. The molecule has 0 radical (unpaired) electrons. The molecule has 0 amide bonds. The molecule has 2 aromatic carbocycles. The van der Waals surface area contributed by atoms with Crippen molar-refractivity contribution in [2.45, 2.75) is 20.4 Å². The van der Waals surface area contributed by atoms with E-state index >= 15 is 0 Å². The fraction of sp³-hybridized carbons (Fsp3) is 0.235. The summed E-state index contributed by atoms with van der Waals surface area (Å²) in [6.07, 6.45) is 0. The third-order valence-electron chi connectivity index (χ3n) is 3.26. The Morgan fingerprint density at radius 2 is 1.76 bits per heavy atom. The van der Waals surface area contributed by atoms with Crippen molar-refractivity contribution >= 4 is 17.3 Å². The molecular formula is C17H20N2O2. The highest BCUT2D eigenvalue weighted by molar-refractivity contribution is 5.77. The van der Waals surface area contributed by atoms with Crippen LogP contribution >= 0.6 is 0 Å². The summed E-state index contributed by atoms with van der Waals surface area (Å²) in [7, 11) is 0. The zero-order chi connectivity index (χ0) is 15.4. The number of hydrogen-bond acceptors (Lipinski definition) is 3. The summed E-state index contributed by atoms with van der Waals surface area (Å²) in [6.45, 7) is 4.51. The van der Waals surface area contributed by atoms with Gasteiger partial charge in [0.15, 0.2) is 0 Å². The molecule has 0 atom stereocenters. The molecule has 4 heteroatoms. The van der Waals surface area contributed by atoms with Gasteiger partial charge in [-0.1, -0.05) is 41.5 Å². The Kier molecular flexibility index (Phi) is 4.48. The highest BCUT2D eigenvalue weighted by Crippen LogP contribution is 2.24. The minimum atomic E-state index is -0.873. The van der Waals surface area contributed by atoms with Gasteiger partial charge in [-0.25, -0.2) is 0 Å². The monoisotopic (exact) mass is 284 g/mol. The van der Waals surface area contributed by atoms with Crippen molar-refractivity contribution in [1.82, 2.24) is 0 Å². The van der Waals surface area contributed by atoms with Crippen molar-refractivity contribution in [3.63, 3.8) is 0 Å². The molecule has 0 aliphatic carbocycles. The summed E-state index contributed by atoms with van der Waals surface area (Å²) >= 11 is 0. The Labute approximate surface area is 124 Å². The predicted octanol–water partition coefficient (Wildman–Crippen LogP) is 2.98. The van der Waals surface area contributed by atoms with E-state index in [2.05, 4.69) is 18.2 Å². The largest absolute Gasteiger partial charge is 0.480 e. The molecule has 0 heterocycles. The van der Waals surface area contributed by atoms with Crippen LogP contribution < -0.4 is 10.6 Å². The van der Waals surface area contributed by atoms with Gasteiger partial charge in [-0.05, 0) is 31.5 Å². The number of aliphatic carboxylic acids is 1.